The van der Waals surface area contributed by atoms with E-state index < -0.39 is 0 Å². The summed E-state index contributed by atoms with van der Waals surface area (Å²) >= 11 is 0. The standard InChI is InChI=1S/C21H20N4O2/c1-14-17(10-11-20(26)27-13-16-7-5-6-12-22-16)15(2)25-21(23-14)18-8-3-4-9-19(18)24-25/h3-9,12H,10-11,13H2,1-2H3. The second-order valence-electron chi connectivity index (χ2n) is 6.50. The first kappa shape index (κ1) is 17.1. The topological polar surface area (TPSA) is 69.4 Å². The number of carbonyl (C=O) groups excluding carboxylic acids is 1. The van der Waals surface area contributed by atoms with Crippen LogP contribution in [0.15, 0.2) is 48.7 Å². The summed E-state index contributed by atoms with van der Waals surface area (Å²) in [6.45, 7) is 4.19. The lowest BCUT2D eigenvalue weighted by molar-refractivity contribution is -0.145. The molecule has 1 aromatic carbocycles. The molecule has 6 heteroatoms. The third kappa shape index (κ3) is 3.38. The minimum Gasteiger partial charge on any atom is -0.459 e. The van der Waals surface area contributed by atoms with Gasteiger partial charge in [-0.3, -0.25) is 9.78 Å². The van der Waals surface area contributed by atoms with E-state index in [2.05, 4.69) is 10.1 Å². The SMILES string of the molecule is Cc1nc2c3ccccc3nn2c(C)c1CCC(=O)OCc1ccccn1. The van der Waals surface area contributed by atoms with Crippen LogP contribution < -0.4 is 0 Å². The number of pyridine rings is 1. The molecule has 0 spiro atoms. The fraction of sp³-hybridized carbons (Fsp3) is 0.238. The zero-order chi connectivity index (χ0) is 18.8. The number of fused-ring (bicyclic) bond motifs is 3. The van der Waals surface area contributed by atoms with Gasteiger partial charge in [0.2, 0.25) is 0 Å². The molecule has 3 heterocycles. The molecule has 0 aliphatic heterocycles. The van der Waals surface area contributed by atoms with Crippen molar-refractivity contribution in [3.63, 3.8) is 0 Å². The van der Waals surface area contributed by atoms with Crippen LogP contribution in [0.25, 0.3) is 16.6 Å². The molecule has 0 saturated heterocycles. The predicted molar refractivity (Wildman–Crippen MR) is 102 cm³/mol. The minimum absolute atomic E-state index is 0.194. The molecule has 0 aliphatic rings. The monoisotopic (exact) mass is 360 g/mol. The Balaban J connectivity index is 1.51. The van der Waals surface area contributed by atoms with Gasteiger partial charge in [-0.25, -0.2) is 9.50 Å². The molecule has 0 atom stereocenters. The molecule has 0 N–H and O–H groups in total. The molecule has 4 aromatic rings. The molecule has 0 saturated carbocycles. The fourth-order valence-electron chi connectivity index (χ4n) is 3.28. The molecule has 6 nitrogen and oxygen atoms in total. The van der Waals surface area contributed by atoms with Gasteiger partial charge in [-0.15, -0.1) is 0 Å². The van der Waals surface area contributed by atoms with Crippen LogP contribution in [0.3, 0.4) is 0 Å². The molecule has 0 radical (unpaired) electrons. The molecule has 0 aliphatic carbocycles. The maximum atomic E-state index is 12.1. The van der Waals surface area contributed by atoms with E-state index >= 15 is 0 Å². The van der Waals surface area contributed by atoms with Crippen LogP contribution in [0.1, 0.15) is 29.1 Å². The summed E-state index contributed by atoms with van der Waals surface area (Å²) in [4.78, 5) is 21.0. The van der Waals surface area contributed by atoms with Crippen LogP contribution in [-0.2, 0) is 22.6 Å². The van der Waals surface area contributed by atoms with Crippen molar-refractivity contribution in [1.82, 2.24) is 19.6 Å². The Labute approximate surface area is 156 Å². The lowest BCUT2D eigenvalue weighted by Gasteiger charge is -2.11. The number of rotatable bonds is 5. The van der Waals surface area contributed by atoms with E-state index in [1.165, 1.54) is 0 Å². The molecule has 3 aromatic heterocycles. The van der Waals surface area contributed by atoms with Gasteiger partial charge in [0, 0.05) is 29.4 Å². The second kappa shape index (κ2) is 7.15. The Hall–Kier alpha value is -3.28. The van der Waals surface area contributed by atoms with Gasteiger partial charge in [0.15, 0.2) is 5.65 Å². The number of carbonyl (C=O) groups is 1. The number of nitrogens with zero attached hydrogens (tertiary/aromatic N) is 4. The molecular formula is C21H20N4O2. The third-order valence-electron chi connectivity index (χ3n) is 4.70. The number of benzene rings is 1. The lowest BCUT2D eigenvalue weighted by Crippen LogP contribution is -2.10. The van der Waals surface area contributed by atoms with Gasteiger partial charge in [0.1, 0.15) is 6.61 Å². The highest BCUT2D eigenvalue weighted by atomic mass is 16.5. The van der Waals surface area contributed by atoms with E-state index in [1.807, 2.05) is 60.8 Å². The number of aryl methyl sites for hydroxylation is 2. The van der Waals surface area contributed by atoms with E-state index in [4.69, 9.17) is 9.72 Å². The molecule has 4 rings (SSSR count). The van der Waals surface area contributed by atoms with Crippen LogP contribution in [0, 0.1) is 13.8 Å². The summed E-state index contributed by atoms with van der Waals surface area (Å²) in [7, 11) is 0. The number of ether oxygens (including phenoxy) is 1. The van der Waals surface area contributed by atoms with Gasteiger partial charge in [0.05, 0.1) is 11.2 Å². The van der Waals surface area contributed by atoms with Crippen molar-refractivity contribution < 1.29 is 9.53 Å². The summed E-state index contributed by atoms with van der Waals surface area (Å²) in [6.07, 6.45) is 2.55. The second-order valence-corrected chi connectivity index (χ2v) is 6.50. The van der Waals surface area contributed by atoms with Crippen molar-refractivity contribution in [1.29, 1.82) is 0 Å². The van der Waals surface area contributed by atoms with Crippen molar-refractivity contribution in [3.8, 4) is 0 Å². The van der Waals surface area contributed by atoms with E-state index in [-0.39, 0.29) is 12.6 Å². The summed E-state index contributed by atoms with van der Waals surface area (Å²) in [5.41, 5.74) is 5.46. The van der Waals surface area contributed by atoms with E-state index in [0.29, 0.717) is 12.8 Å². The summed E-state index contributed by atoms with van der Waals surface area (Å²) in [6, 6.07) is 13.5. The van der Waals surface area contributed by atoms with Crippen LogP contribution >= 0.6 is 0 Å². The molecule has 136 valence electrons. The Kier molecular flexibility index (Phi) is 4.54. The molecule has 0 fully saturated rings. The maximum absolute atomic E-state index is 12.1. The Morgan fingerprint density at radius 2 is 1.93 bits per heavy atom. The van der Waals surface area contributed by atoms with Crippen molar-refractivity contribution in [2.45, 2.75) is 33.3 Å². The van der Waals surface area contributed by atoms with Crippen molar-refractivity contribution in [2.24, 2.45) is 0 Å². The summed E-state index contributed by atoms with van der Waals surface area (Å²) in [5, 5.41) is 5.68. The first-order valence-electron chi connectivity index (χ1n) is 8.92. The predicted octanol–water partition coefficient (Wildman–Crippen LogP) is 3.57. The average molecular weight is 360 g/mol. The highest BCUT2D eigenvalue weighted by molar-refractivity contribution is 5.92. The van der Waals surface area contributed by atoms with Gasteiger partial charge in [-0.05, 0) is 50.1 Å². The number of hydrogen-bond donors (Lipinski definition) is 0. The van der Waals surface area contributed by atoms with Crippen molar-refractivity contribution in [3.05, 3.63) is 71.3 Å². The summed E-state index contributed by atoms with van der Waals surface area (Å²) in [5.74, 6) is -0.245. The lowest BCUT2D eigenvalue weighted by atomic mass is 10.1. The van der Waals surface area contributed by atoms with Crippen molar-refractivity contribution in [2.75, 3.05) is 0 Å². The Bertz CT molecular complexity index is 1120. The number of aromatic nitrogens is 4. The van der Waals surface area contributed by atoms with Gasteiger partial charge in [-0.2, -0.15) is 5.10 Å². The van der Waals surface area contributed by atoms with Gasteiger partial charge >= 0.3 is 5.97 Å². The quantitative estimate of drug-likeness (QED) is 0.509. The van der Waals surface area contributed by atoms with E-state index in [9.17, 15) is 4.79 Å². The van der Waals surface area contributed by atoms with Gasteiger partial charge in [0.25, 0.3) is 0 Å². The normalized spacial score (nSPS) is 11.2. The highest BCUT2D eigenvalue weighted by Gasteiger charge is 2.15. The van der Waals surface area contributed by atoms with Crippen LogP contribution in [0.5, 0.6) is 0 Å². The largest absolute Gasteiger partial charge is 0.459 e. The molecule has 0 unspecified atom stereocenters. The highest BCUT2D eigenvalue weighted by Crippen LogP contribution is 2.23. The maximum Gasteiger partial charge on any atom is 0.306 e. The first-order valence-corrected chi connectivity index (χ1v) is 8.92. The van der Waals surface area contributed by atoms with Crippen molar-refractivity contribution >= 4 is 22.5 Å². The number of esters is 1. The number of hydrogen-bond acceptors (Lipinski definition) is 5. The molecule has 0 amide bonds. The first-order chi connectivity index (χ1) is 13.1. The zero-order valence-corrected chi connectivity index (χ0v) is 15.3. The average Bonchev–Trinajstić information content (AvgIpc) is 3.06. The summed E-state index contributed by atoms with van der Waals surface area (Å²) < 4.78 is 7.19. The van der Waals surface area contributed by atoms with Crippen LogP contribution in [0.4, 0.5) is 0 Å². The molecule has 0 bridgehead atoms. The van der Waals surface area contributed by atoms with Gasteiger partial charge < -0.3 is 4.74 Å². The molecule has 27 heavy (non-hydrogen) atoms. The smallest absolute Gasteiger partial charge is 0.306 e. The Morgan fingerprint density at radius 3 is 2.74 bits per heavy atom. The minimum atomic E-state index is -0.245. The molecular weight excluding hydrogens is 340 g/mol. The van der Waals surface area contributed by atoms with Crippen LogP contribution in [0.2, 0.25) is 0 Å². The third-order valence-corrected chi connectivity index (χ3v) is 4.70. The zero-order valence-electron chi connectivity index (χ0n) is 15.3. The Morgan fingerprint density at radius 1 is 1.11 bits per heavy atom. The van der Waals surface area contributed by atoms with E-state index in [0.717, 1.165) is 39.2 Å². The van der Waals surface area contributed by atoms with Gasteiger partial charge in [-0.1, -0.05) is 18.2 Å². The van der Waals surface area contributed by atoms with Crippen LogP contribution in [-0.4, -0.2) is 25.6 Å². The fourth-order valence-corrected chi connectivity index (χ4v) is 3.28. The van der Waals surface area contributed by atoms with E-state index in [1.54, 1.807) is 6.20 Å².